The van der Waals surface area contributed by atoms with E-state index in [0.717, 1.165) is 9.40 Å². The van der Waals surface area contributed by atoms with Crippen molar-refractivity contribution in [2.24, 2.45) is 0 Å². The molecular formula is C12H19NO2S3Si. The van der Waals surface area contributed by atoms with Crippen LogP contribution in [0.5, 0.6) is 0 Å². The normalized spacial score (nSPS) is 14.2. The summed E-state index contributed by atoms with van der Waals surface area (Å²) in [5.74, 6) is 0. The smallest absolute Gasteiger partial charge is 0.233 e. The van der Waals surface area contributed by atoms with Gasteiger partial charge in [0, 0.05) is 10.1 Å². The number of hydrogen-bond acceptors (Lipinski definition) is 4. The summed E-state index contributed by atoms with van der Waals surface area (Å²) in [5, 5.41) is 3.66. The van der Waals surface area contributed by atoms with Gasteiger partial charge in [-0.15, -0.1) is 22.7 Å². The van der Waals surface area contributed by atoms with Crippen LogP contribution < -0.4 is 4.39 Å². The molecule has 0 saturated carbocycles. The number of fused-ring (bicyclic) bond motifs is 1. The SMILES string of the molecule is CC(C)(C)[Si](C)(C)NS(=O)(=O)c1csc2ccsc12. The van der Waals surface area contributed by atoms with Crippen molar-refractivity contribution in [3.8, 4) is 0 Å². The molecule has 2 aromatic rings. The van der Waals surface area contributed by atoms with Gasteiger partial charge in [-0.25, -0.2) is 12.8 Å². The van der Waals surface area contributed by atoms with Gasteiger partial charge in [-0.3, -0.25) is 0 Å². The fraction of sp³-hybridized carbons (Fsp3) is 0.500. The van der Waals surface area contributed by atoms with E-state index < -0.39 is 18.3 Å². The van der Waals surface area contributed by atoms with Crippen LogP contribution >= 0.6 is 22.7 Å². The lowest BCUT2D eigenvalue weighted by Crippen LogP contribution is -2.54. The number of rotatable bonds is 3. The molecule has 0 spiro atoms. The van der Waals surface area contributed by atoms with Crippen molar-refractivity contribution in [1.29, 1.82) is 0 Å². The Morgan fingerprint density at radius 2 is 1.84 bits per heavy atom. The Morgan fingerprint density at radius 1 is 1.21 bits per heavy atom. The molecule has 0 fully saturated rings. The molecule has 19 heavy (non-hydrogen) atoms. The Balaban J connectivity index is 2.43. The zero-order valence-corrected chi connectivity index (χ0v) is 15.2. The lowest BCUT2D eigenvalue weighted by Gasteiger charge is -2.36. The molecule has 2 heterocycles. The minimum Gasteiger partial charge on any atom is -0.233 e. The predicted molar refractivity (Wildman–Crippen MR) is 87.2 cm³/mol. The van der Waals surface area contributed by atoms with E-state index in [1.54, 1.807) is 5.38 Å². The summed E-state index contributed by atoms with van der Waals surface area (Å²) < 4.78 is 30.1. The van der Waals surface area contributed by atoms with Crippen LogP contribution in [-0.2, 0) is 10.0 Å². The molecule has 0 aliphatic carbocycles. The molecule has 3 nitrogen and oxygen atoms in total. The van der Waals surface area contributed by atoms with E-state index >= 15 is 0 Å². The molecule has 0 aromatic carbocycles. The fourth-order valence-electron chi connectivity index (χ4n) is 1.47. The number of thiophene rings is 2. The molecule has 0 unspecified atom stereocenters. The van der Waals surface area contributed by atoms with Crippen molar-refractivity contribution in [1.82, 2.24) is 4.39 Å². The van der Waals surface area contributed by atoms with E-state index in [0.29, 0.717) is 4.90 Å². The highest BCUT2D eigenvalue weighted by Crippen LogP contribution is 2.37. The highest BCUT2D eigenvalue weighted by molar-refractivity contribution is 7.91. The number of nitrogens with one attached hydrogen (secondary N) is 1. The van der Waals surface area contributed by atoms with Gasteiger partial charge in [-0.1, -0.05) is 33.9 Å². The lowest BCUT2D eigenvalue weighted by atomic mass is 10.2. The Hall–Kier alpha value is -0.213. The molecule has 0 atom stereocenters. The van der Waals surface area contributed by atoms with Crippen LogP contribution in [0.1, 0.15) is 20.8 Å². The molecule has 0 amide bonds. The molecule has 0 bridgehead atoms. The number of hydrogen-bond donors (Lipinski definition) is 1. The number of sulfonamides is 1. The van der Waals surface area contributed by atoms with Gasteiger partial charge in [0.05, 0.1) is 4.70 Å². The van der Waals surface area contributed by atoms with Gasteiger partial charge in [0.1, 0.15) is 13.1 Å². The molecule has 0 aliphatic rings. The summed E-state index contributed by atoms with van der Waals surface area (Å²) in [5.41, 5.74) is 0. The van der Waals surface area contributed by atoms with Gasteiger partial charge in [0.25, 0.3) is 0 Å². The van der Waals surface area contributed by atoms with E-state index in [1.807, 2.05) is 11.4 Å². The third-order valence-corrected chi connectivity index (χ3v) is 13.8. The van der Waals surface area contributed by atoms with Crippen molar-refractivity contribution >= 4 is 50.3 Å². The molecule has 106 valence electrons. The van der Waals surface area contributed by atoms with Crippen LogP contribution in [0.4, 0.5) is 0 Å². The Bertz CT molecular complexity index is 692. The summed E-state index contributed by atoms with van der Waals surface area (Å²) in [6.07, 6.45) is 0. The van der Waals surface area contributed by atoms with Crippen molar-refractivity contribution in [3.05, 3.63) is 16.8 Å². The van der Waals surface area contributed by atoms with E-state index in [1.165, 1.54) is 22.7 Å². The first kappa shape index (κ1) is 15.2. The second-order valence-electron chi connectivity index (χ2n) is 6.19. The van der Waals surface area contributed by atoms with Gasteiger partial charge >= 0.3 is 0 Å². The van der Waals surface area contributed by atoms with Gasteiger partial charge in [0.15, 0.2) is 0 Å². The second kappa shape index (κ2) is 4.66. The Kier molecular flexibility index (Phi) is 3.73. The first-order chi connectivity index (χ1) is 8.55. The zero-order chi connectivity index (χ0) is 14.5. The van der Waals surface area contributed by atoms with Crippen molar-refractivity contribution in [2.45, 2.75) is 43.8 Å². The summed E-state index contributed by atoms with van der Waals surface area (Å²) in [6, 6.07) is 1.97. The molecular weight excluding hydrogens is 314 g/mol. The standard InChI is InChI=1S/C12H19NO2S3Si/c1-12(2,3)19(4,5)13-18(14,15)10-8-17-9-6-7-16-11(9)10/h6-8,13H,1-5H3. The Morgan fingerprint density at radius 3 is 2.42 bits per heavy atom. The fourth-order valence-corrected chi connectivity index (χ4v) is 9.23. The quantitative estimate of drug-likeness (QED) is 0.854. The summed E-state index contributed by atoms with van der Waals surface area (Å²) in [6.45, 7) is 10.4. The van der Waals surface area contributed by atoms with E-state index in [4.69, 9.17) is 0 Å². The molecule has 2 rings (SSSR count). The average molecular weight is 334 g/mol. The predicted octanol–water partition coefficient (Wildman–Crippen LogP) is 4.25. The molecule has 2 aromatic heterocycles. The minimum atomic E-state index is -3.42. The largest absolute Gasteiger partial charge is 0.236 e. The van der Waals surface area contributed by atoms with Gasteiger partial charge < -0.3 is 0 Å². The van der Waals surface area contributed by atoms with Crippen LogP contribution in [0.15, 0.2) is 21.7 Å². The first-order valence-electron chi connectivity index (χ1n) is 6.03. The van der Waals surface area contributed by atoms with Crippen molar-refractivity contribution < 1.29 is 8.42 Å². The Labute approximate surface area is 123 Å². The van der Waals surface area contributed by atoms with Crippen LogP contribution in [-0.4, -0.2) is 16.7 Å². The second-order valence-corrected chi connectivity index (χ2v) is 15.0. The lowest BCUT2D eigenvalue weighted by molar-refractivity contribution is 0.590. The molecule has 0 radical (unpaired) electrons. The summed E-state index contributed by atoms with van der Waals surface area (Å²) in [4.78, 5) is 0.437. The maximum absolute atomic E-state index is 12.6. The van der Waals surface area contributed by atoms with Gasteiger partial charge in [-0.05, 0) is 16.5 Å². The maximum atomic E-state index is 12.6. The van der Waals surface area contributed by atoms with Crippen LogP contribution in [0.2, 0.25) is 18.1 Å². The molecule has 0 aliphatic heterocycles. The topological polar surface area (TPSA) is 46.2 Å². The maximum Gasteiger partial charge on any atom is 0.236 e. The van der Waals surface area contributed by atoms with E-state index in [9.17, 15) is 8.42 Å². The third kappa shape index (κ3) is 2.80. The molecule has 0 saturated heterocycles. The highest BCUT2D eigenvalue weighted by atomic mass is 32.2. The van der Waals surface area contributed by atoms with Gasteiger partial charge in [-0.2, -0.15) is 0 Å². The average Bonchev–Trinajstić information content (AvgIpc) is 2.72. The van der Waals surface area contributed by atoms with Crippen molar-refractivity contribution in [2.75, 3.05) is 0 Å². The monoisotopic (exact) mass is 333 g/mol. The van der Waals surface area contributed by atoms with Crippen LogP contribution in [0, 0.1) is 0 Å². The zero-order valence-electron chi connectivity index (χ0n) is 11.8. The highest BCUT2D eigenvalue weighted by Gasteiger charge is 2.40. The first-order valence-corrected chi connectivity index (χ1v) is 12.3. The minimum absolute atomic E-state index is 0.0232. The third-order valence-electron chi connectivity index (χ3n) is 3.70. The van der Waals surface area contributed by atoms with Crippen LogP contribution in [0.25, 0.3) is 9.40 Å². The summed E-state index contributed by atoms with van der Waals surface area (Å²) >= 11 is 2.98. The van der Waals surface area contributed by atoms with Crippen LogP contribution in [0.3, 0.4) is 0 Å². The van der Waals surface area contributed by atoms with E-state index in [-0.39, 0.29) is 5.04 Å². The van der Waals surface area contributed by atoms with E-state index in [2.05, 4.69) is 38.3 Å². The van der Waals surface area contributed by atoms with Gasteiger partial charge in [0.2, 0.25) is 10.0 Å². The molecule has 7 heteroatoms. The summed E-state index contributed by atoms with van der Waals surface area (Å²) in [7, 11) is -5.51. The molecule has 1 N–H and O–H groups in total. The van der Waals surface area contributed by atoms with Crippen molar-refractivity contribution in [3.63, 3.8) is 0 Å².